The molecule has 2 aliphatic rings. The van der Waals surface area contributed by atoms with Crippen molar-refractivity contribution in [3.05, 3.63) is 76.0 Å². The molecule has 1 aliphatic carbocycles. The normalized spacial score (nSPS) is 22.3. The topological polar surface area (TPSA) is 55.4 Å². The van der Waals surface area contributed by atoms with E-state index < -0.39 is 0 Å². The molecule has 0 bridgehead atoms. The number of carbonyl (C=O) groups excluding carboxylic acids is 2. The van der Waals surface area contributed by atoms with Gasteiger partial charge in [-0.3, -0.25) is 9.59 Å². The van der Waals surface area contributed by atoms with E-state index in [0.717, 1.165) is 28.1 Å². The first-order valence-electron chi connectivity index (χ1n) is 9.01. The molecule has 1 heterocycles. The molecule has 0 saturated carbocycles. The van der Waals surface area contributed by atoms with Crippen molar-refractivity contribution in [3.63, 3.8) is 0 Å². The summed E-state index contributed by atoms with van der Waals surface area (Å²) < 4.78 is 5.21. The third-order valence-electron chi connectivity index (χ3n) is 5.40. The van der Waals surface area contributed by atoms with Gasteiger partial charge in [0.25, 0.3) is 0 Å². The number of halogens is 1. The van der Waals surface area contributed by atoms with Crippen molar-refractivity contribution >= 4 is 23.3 Å². The van der Waals surface area contributed by atoms with Crippen LogP contribution in [0.25, 0.3) is 0 Å². The molecule has 138 valence electrons. The predicted octanol–water partition coefficient (Wildman–Crippen LogP) is 4.35. The maximum atomic E-state index is 13.1. The summed E-state index contributed by atoms with van der Waals surface area (Å²) in [6.45, 7) is 0. The fourth-order valence-corrected chi connectivity index (χ4v) is 4.40. The van der Waals surface area contributed by atoms with Crippen molar-refractivity contribution < 1.29 is 14.3 Å². The zero-order chi connectivity index (χ0) is 19.0. The van der Waals surface area contributed by atoms with Crippen LogP contribution in [0.5, 0.6) is 5.75 Å². The predicted molar refractivity (Wildman–Crippen MR) is 104 cm³/mol. The van der Waals surface area contributed by atoms with Gasteiger partial charge in [-0.05, 0) is 41.7 Å². The van der Waals surface area contributed by atoms with Crippen LogP contribution in [0.2, 0.25) is 5.02 Å². The van der Waals surface area contributed by atoms with Crippen LogP contribution in [0.4, 0.5) is 0 Å². The van der Waals surface area contributed by atoms with E-state index in [2.05, 4.69) is 5.32 Å². The molecule has 5 heteroatoms. The van der Waals surface area contributed by atoms with Crippen molar-refractivity contribution in [2.24, 2.45) is 0 Å². The summed E-state index contributed by atoms with van der Waals surface area (Å²) in [4.78, 5) is 25.4. The Morgan fingerprint density at radius 3 is 2.44 bits per heavy atom. The second-order valence-electron chi connectivity index (χ2n) is 7.02. The van der Waals surface area contributed by atoms with E-state index >= 15 is 0 Å². The maximum Gasteiger partial charge on any atom is 0.225 e. The highest BCUT2D eigenvalue weighted by Gasteiger charge is 2.38. The first-order valence-corrected chi connectivity index (χ1v) is 9.39. The molecule has 4 nitrogen and oxygen atoms in total. The molecule has 1 N–H and O–H groups in total. The first kappa shape index (κ1) is 17.8. The Hall–Kier alpha value is -2.59. The number of hydrogen-bond donors (Lipinski definition) is 1. The minimum atomic E-state index is -0.209. The molecule has 0 fully saturated rings. The summed E-state index contributed by atoms with van der Waals surface area (Å²) in [6.07, 6.45) is 1.31. The van der Waals surface area contributed by atoms with E-state index in [9.17, 15) is 9.59 Å². The lowest BCUT2D eigenvalue weighted by Crippen LogP contribution is -2.38. The molecular formula is C22H20ClNO3. The summed E-state index contributed by atoms with van der Waals surface area (Å²) >= 11 is 6.34. The number of hydrogen-bond acceptors (Lipinski definition) is 3. The van der Waals surface area contributed by atoms with Gasteiger partial charge >= 0.3 is 0 Å². The van der Waals surface area contributed by atoms with Gasteiger partial charge in [-0.25, -0.2) is 0 Å². The Morgan fingerprint density at radius 1 is 1.00 bits per heavy atom. The monoisotopic (exact) mass is 381 g/mol. The molecule has 0 spiro atoms. The molecule has 4 rings (SSSR count). The number of rotatable bonds is 3. The zero-order valence-corrected chi connectivity index (χ0v) is 15.8. The lowest BCUT2D eigenvalue weighted by molar-refractivity contribution is -0.122. The van der Waals surface area contributed by atoms with Gasteiger partial charge in [-0.15, -0.1) is 0 Å². The van der Waals surface area contributed by atoms with Gasteiger partial charge in [0.15, 0.2) is 5.78 Å². The van der Waals surface area contributed by atoms with E-state index in [1.165, 1.54) is 0 Å². The molecule has 1 aliphatic heterocycles. The number of allylic oxidation sites excluding steroid dienone is 2. The highest BCUT2D eigenvalue weighted by molar-refractivity contribution is 6.31. The van der Waals surface area contributed by atoms with Gasteiger partial charge in [-0.2, -0.15) is 0 Å². The highest BCUT2D eigenvalue weighted by Crippen LogP contribution is 2.43. The lowest BCUT2D eigenvalue weighted by atomic mass is 9.73. The van der Waals surface area contributed by atoms with E-state index in [1.54, 1.807) is 7.11 Å². The molecule has 0 unspecified atom stereocenters. The quantitative estimate of drug-likeness (QED) is 0.859. The number of amides is 1. The molecular weight excluding hydrogens is 362 g/mol. The van der Waals surface area contributed by atoms with Gasteiger partial charge < -0.3 is 10.1 Å². The number of carbonyl (C=O) groups is 2. The Morgan fingerprint density at radius 2 is 1.74 bits per heavy atom. The van der Waals surface area contributed by atoms with Crippen LogP contribution in [0.3, 0.4) is 0 Å². The van der Waals surface area contributed by atoms with Crippen LogP contribution in [0, 0.1) is 0 Å². The third-order valence-corrected chi connectivity index (χ3v) is 5.74. The maximum absolute atomic E-state index is 13.1. The van der Waals surface area contributed by atoms with Gasteiger partial charge in [0.2, 0.25) is 5.91 Å². The fraction of sp³-hybridized carbons (Fsp3) is 0.273. The van der Waals surface area contributed by atoms with E-state index in [4.69, 9.17) is 16.3 Å². The molecule has 1 amide bonds. The smallest absolute Gasteiger partial charge is 0.225 e. The summed E-state index contributed by atoms with van der Waals surface area (Å²) in [7, 11) is 1.61. The largest absolute Gasteiger partial charge is 0.497 e. The summed E-state index contributed by atoms with van der Waals surface area (Å²) in [5.41, 5.74) is 3.40. The third kappa shape index (κ3) is 3.37. The van der Waals surface area contributed by atoms with Crippen molar-refractivity contribution in [1.82, 2.24) is 5.32 Å². The van der Waals surface area contributed by atoms with E-state index in [-0.39, 0.29) is 29.9 Å². The van der Waals surface area contributed by atoms with Gasteiger partial charge in [0.05, 0.1) is 7.11 Å². The SMILES string of the molecule is COc1ccc([C@H]2CC(=O)NC3=C2C(=O)C[C@@H](c2ccccc2Cl)C3)cc1. The minimum Gasteiger partial charge on any atom is -0.497 e. The van der Waals surface area contributed by atoms with Crippen molar-refractivity contribution in [3.8, 4) is 5.75 Å². The Labute approximate surface area is 163 Å². The Kier molecular flexibility index (Phi) is 4.75. The molecule has 2 atom stereocenters. The summed E-state index contributed by atoms with van der Waals surface area (Å²) in [5.74, 6) is 0.561. The number of Topliss-reactive ketones (excluding diaryl/α,β-unsaturated/α-hetero) is 1. The van der Waals surface area contributed by atoms with Crippen LogP contribution < -0.4 is 10.1 Å². The van der Waals surface area contributed by atoms with Gasteiger partial charge in [0, 0.05) is 35.1 Å². The van der Waals surface area contributed by atoms with Crippen LogP contribution in [-0.4, -0.2) is 18.8 Å². The molecule has 0 saturated heterocycles. The zero-order valence-electron chi connectivity index (χ0n) is 15.0. The standard InChI is InChI=1S/C22H20ClNO3/c1-27-15-8-6-13(7-9-15)17-12-21(26)24-19-10-14(11-20(25)22(17)19)16-4-2-3-5-18(16)23/h2-9,14,17H,10-12H2,1H3,(H,24,26)/t14-,17+/m0/s1. The van der Waals surface area contributed by atoms with Crippen molar-refractivity contribution in [1.29, 1.82) is 0 Å². The number of ether oxygens (including phenoxy) is 1. The van der Waals surface area contributed by atoms with Crippen molar-refractivity contribution in [2.45, 2.75) is 31.1 Å². The molecule has 27 heavy (non-hydrogen) atoms. The number of ketones is 1. The van der Waals surface area contributed by atoms with Crippen LogP contribution in [-0.2, 0) is 9.59 Å². The lowest BCUT2D eigenvalue weighted by Gasteiger charge is -2.34. The van der Waals surface area contributed by atoms with E-state index in [1.807, 2.05) is 48.5 Å². The Bertz CT molecular complexity index is 933. The van der Waals surface area contributed by atoms with Crippen LogP contribution in [0.1, 0.15) is 42.2 Å². The van der Waals surface area contributed by atoms with Gasteiger partial charge in [-0.1, -0.05) is 41.9 Å². The second kappa shape index (κ2) is 7.20. The number of nitrogens with one attached hydrogen (secondary N) is 1. The summed E-state index contributed by atoms with van der Waals surface area (Å²) in [5, 5.41) is 3.60. The fourth-order valence-electron chi connectivity index (χ4n) is 4.11. The van der Waals surface area contributed by atoms with Crippen LogP contribution >= 0.6 is 11.6 Å². The van der Waals surface area contributed by atoms with Crippen molar-refractivity contribution in [2.75, 3.05) is 7.11 Å². The Balaban J connectivity index is 1.70. The first-order chi connectivity index (χ1) is 13.1. The number of benzene rings is 2. The van der Waals surface area contributed by atoms with E-state index in [0.29, 0.717) is 17.9 Å². The molecule has 0 aromatic heterocycles. The molecule has 0 radical (unpaired) electrons. The molecule has 2 aromatic carbocycles. The number of methoxy groups -OCH3 is 1. The minimum absolute atomic E-state index is 0.0140. The molecule has 2 aromatic rings. The average Bonchev–Trinajstić information content (AvgIpc) is 2.67. The van der Waals surface area contributed by atoms with Gasteiger partial charge in [0.1, 0.15) is 5.75 Å². The highest BCUT2D eigenvalue weighted by atomic mass is 35.5. The summed E-state index contributed by atoms with van der Waals surface area (Å²) in [6, 6.07) is 15.2. The van der Waals surface area contributed by atoms with Crippen LogP contribution in [0.15, 0.2) is 59.8 Å². The second-order valence-corrected chi connectivity index (χ2v) is 7.43. The average molecular weight is 382 g/mol.